The molecule has 5 rings (SSSR count). The lowest BCUT2D eigenvalue weighted by Crippen LogP contribution is -2.24. The van der Waals surface area contributed by atoms with Crippen molar-refractivity contribution >= 4 is 46.1 Å². The van der Waals surface area contributed by atoms with Gasteiger partial charge in [-0.25, -0.2) is 4.98 Å². The van der Waals surface area contributed by atoms with Gasteiger partial charge in [-0.15, -0.1) is 11.8 Å². The fraction of sp³-hybridized carbons (Fsp3) is 0.129. The average molecular weight is 522 g/mol. The van der Waals surface area contributed by atoms with E-state index in [0.717, 1.165) is 27.1 Å². The molecule has 2 amide bonds. The Morgan fingerprint density at radius 3 is 2.42 bits per heavy atom. The molecule has 0 spiro atoms. The van der Waals surface area contributed by atoms with E-state index in [2.05, 4.69) is 15.6 Å². The highest BCUT2D eigenvalue weighted by Gasteiger charge is 2.19. The maximum absolute atomic E-state index is 13.1. The Hall–Kier alpha value is -4.36. The first-order valence-corrected chi connectivity index (χ1v) is 13.3. The van der Waals surface area contributed by atoms with Gasteiger partial charge in [0.1, 0.15) is 5.52 Å². The molecule has 0 fully saturated rings. The number of nitrogens with one attached hydrogen (secondary N) is 2. The summed E-state index contributed by atoms with van der Waals surface area (Å²) >= 11 is 1.47. The van der Waals surface area contributed by atoms with E-state index in [1.54, 1.807) is 6.07 Å². The van der Waals surface area contributed by atoms with Crippen LogP contribution >= 0.6 is 11.8 Å². The molecule has 2 N–H and O–H groups in total. The number of hydrogen-bond acceptors (Lipinski definition) is 5. The molecule has 0 bridgehead atoms. The Bertz CT molecular complexity index is 1560. The van der Waals surface area contributed by atoms with Crippen molar-refractivity contribution in [1.29, 1.82) is 0 Å². The van der Waals surface area contributed by atoms with E-state index in [1.165, 1.54) is 11.8 Å². The van der Waals surface area contributed by atoms with Crippen LogP contribution in [0.25, 0.3) is 22.6 Å². The number of aromatic nitrogens is 1. The van der Waals surface area contributed by atoms with Gasteiger partial charge in [-0.2, -0.15) is 0 Å². The summed E-state index contributed by atoms with van der Waals surface area (Å²) in [4.78, 5) is 31.1. The largest absolute Gasteiger partial charge is 0.436 e. The van der Waals surface area contributed by atoms with Crippen LogP contribution in [0.4, 0.5) is 11.4 Å². The Kier molecular flexibility index (Phi) is 7.56. The topological polar surface area (TPSA) is 84.2 Å². The van der Waals surface area contributed by atoms with Gasteiger partial charge in [-0.3, -0.25) is 9.59 Å². The van der Waals surface area contributed by atoms with Crippen molar-refractivity contribution in [2.75, 3.05) is 10.6 Å². The number of thioether (sulfide) groups is 1. The first-order chi connectivity index (χ1) is 18.5. The molecular weight excluding hydrogens is 494 g/mol. The van der Waals surface area contributed by atoms with Crippen LogP contribution in [0.5, 0.6) is 0 Å². The maximum Gasteiger partial charge on any atom is 0.255 e. The zero-order valence-electron chi connectivity index (χ0n) is 21.1. The minimum absolute atomic E-state index is 0.0821. The fourth-order valence-electron chi connectivity index (χ4n) is 4.04. The minimum Gasteiger partial charge on any atom is -0.436 e. The van der Waals surface area contributed by atoms with Crippen molar-refractivity contribution in [2.24, 2.45) is 0 Å². The summed E-state index contributed by atoms with van der Waals surface area (Å²) in [6, 6.07) is 30.1. The Morgan fingerprint density at radius 1 is 0.868 bits per heavy atom. The standard InChI is InChI=1S/C31H27N3O3S/c1-3-28(38-25-11-7-10-24(19-25)33-29(35)22-9-6-8-20(2)18-22)30(36)32-23-16-14-21(15-17-23)31-34-26-12-4-5-13-27(26)37-31/h4-19,28H,3H2,1-2H3,(H,32,36)(H,33,35). The van der Waals surface area contributed by atoms with Crippen molar-refractivity contribution in [2.45, 2.75) is 30.4 Å². The summed E-state index contributed by atoms with van der Waals surface area (Å²) in [7, 11) is 0. The first-order valence-electron chi connectivity index (χ1n) is 12.4. The number of amides is 2. The number of oxazole rings is 1. The second-order valence-electron chi connectivity index (χ2n) is 8.92. The molecule has 38 heavy (non-hydrogen) atoms. The molecule has 7 heteroatoms. The molecular formula is C31H27N3O3S. The molecule has 0 radical (unpaired) electrons. The van der Waals surface area contributed by atoms with Crippen LogP contribution in [-0.2, 0) is 4.79 Å². The van der Waals surface area contributed by atoms with E-state index >= 15 is 0 Å². The third-order valence-corrected chi connectivity index (χ3v) is 7.37. The van der Waals surface area contributed by atoms with Crippen LogP contribution in [0.2, 0.25) is 0 Å². The summed E-state index contributed by atoms with van der Waals surface area (Å²) in [6.07, 6.45) is 0.650. The van der Waals surface area contributed by atoms with Crippen LogP contribution in [0, 0.1) is 6.92 Å². The number of aryl methyl sites for hydroxylation is 1. The van der Waals surface area contributed by atoms with E-state index in [4.69, 9.17) is 4.42 Å². The van der Waals surface area contributed by atoms with Crippen LogP contribution in [0.3, 0.4) is 0 Å². The van der Waals surface area contributed by atoms with E-state index in [9.17, 15) is 9.59 Å². The van der Waals surface area contributed by atoms with E-state index in [1.807, 2.05) is 105 Å². The van der Waals surface area contributed by atoms with Crippen molar-refractivity contribution in [1.82, 2.24) is 4.98 Å². The van der Waals surface area contributed by atoms with Gasteiger partial charge in [-0.1, -0.05) is 42.8 Å². The van der Waals surface area contributed by atoms with Crippen LogP contribution in [0.15, 0.2) is 106 Å². The van der Waals surface area contributed by atoms with Crippen molar-refractivity contribution in [3.8, 4) is 11.5 Å². The Balaban J connectivity index is 1.22. The maximum atomic E-state index is 13.1. The molecule has 1 heterocycles. The number of para-hydroxylation sites is 2. The number of benzene rings is 4. The molecule has 190 valence electrons. The molecule has 6 nitrogen and oxygen atoms in total. The molecule has 5 aromatic rings. The predicted octanol–water partition coefficient (Wildman–Crippen LogP) is 7.56. The zero-order chi connectivity index (χ0) is 26.5. The Labute approximate surface area is 225 Å². The summed E-state index contributed by atoms with van der Waals surface area (Å²) in [5, 5.41) is 5.66. The third-order valence-electron chi connectivity index (χ3n) is 6.01. The lowest BCUT2D eigenvalue weighted by molar-refractivity contribution is -0.115. The molecule has 0 aliphatic carbocycles. The van der Waals surface area contributed by atoms with Crippen LogP contribution < -0.4 is 10.6 Å². The minimum atomic E-state index is -0.297. The number of carbonyl (C=O) groups is 2. The summed E-state index contributed by atoms with van der Waals surface area (Å²) in [6.45, 7) is 3.94. The van der Waals surface area contributed by atoms with Crippen LogP contribution in [-0.4, -0.2) is 22.0 Å². The summed E-state index contributed by atoms with van der Waals surface area (Å²) in [5.74, 6) is 0.295. The normalized spacial score (nSPS) is 11.7. The Morgan fingerprint density at radius 2 is 1.66 bits per heavy atom. The lowest BCUT2D eigenvalue weighted by Gasteiger charge is -2.16. The number of anilines is 2. The molecule has 1 aromatic heterocycles. The number of nitrogens with zero attached hydrogens (tertiary/aromatic N) is 1. The summed E-state index contributed by atoms with van der Waals surface area (Å²) in [5.41, 5.74) is 5.41. The second-order valence-corrected chi connectivity index (χ2v) is 10.2. The second kappa shape index (κ2) is 11.4. The monoisotopic (exact) mass is 521 g/mol. The molecule has 4 aromatic carbocycles. The highest BCUT2D eigenvalue weighted by atomic mass is 32.2. The van der Waals surface area contributed by atoms with Gasteiger partial charge in [-0.05, 0) is 80.1 Å². The zero-order valence-corrected chi connectivity index (χ0v) is 21.9. The lowest BCUT2D eigenvalue weighted by atomic mass is 10.1. The highest BCUT2D eigenvalue weighted by molar-refractivity contribution is 8.00. The van der Waals surface area contributed by atoms with Gasteiger partial charge < -0.3 is 15.1 Å². The molecule has 0 aliphatic rings. The molecule has 0 saturated carbocycles. The van der Waals surface area contributed by atoms with Gasteiger partial charge >= 0.3 is 0 Å². The van der Waals surface area contributed by atoms with Gasteiger partial charge in [0.2, 0.25) is 11.8 Å². The van der Waals surface area contributed by atoms with Crippen LogP contribution in [0.1, 0.15) is 29.3 Å². The number of rotatable bonds is 8. The molecule has 0 aliphatic heterocycles. The van der Waals surface area contributed by atoms with Gasteiger partial charge in [0.05, 0.1) is 5.25 Å². The number of carbonyl (C=O) groups excluding carboxylic acids is 2. The smallest absolute Gasteiger partial charge is 0.255 e. The highest BCUT2D eigenvalue weighted by Crippen LogP contribution is 2.30. The third kappa shape index (κ3) is 5.95. The summed E-state index contributed by atoms with van der Waals surface area (Å²) < 4.78 is 5.83. The number of fused-ring (bicyclic) bond motifs is 1. The van der Waals surface area contributed by atoms with Crippen molar-refractivity contribution < 1.29 is 14.0 Å². The SMILES string of the molecule is CCC(Sc1cccc(NC(=O)c2cccc(C)c2)c1)C(=O)Nc1ccc(-c2nc3ccccc3o2)cc1. The number of hydrogen-bond donors (Lipinski definition) is 2. The van der Waals surface area contributed by atoms with Crippen molar-refractivity contribution in [3.63, 3.8) is 0 Å². The van der Waals surface area contributed by atoms with E-state index in [0.29, 0.717) is 29.2 Å². The van der Waals surface area contributed by atoms with E-state index < -0.39 is 0 Å². The molecule has 0 saturated heterocycles. The van der Waals surface area contributed by atoms with Gasteiger partial charge in [0.25, 0.3) is 5.91 Å². The quantitative estimate of drug-likeness (QED) is 0.206. The predicted molar refractivity (Wildman–Crippen MR) is 154 cm³/mol. The molecule has 1 atom stereocenters. The van der Waals surface area contributed by atoms with Gasteiger partial charge in [0, 0.05) is 27.4 Å². The average Bonchev–Trinajstić information content (AvgIpc) is 3.37. The van der Waals surface area contributed by atoms with E-state index in [-0.39, 0.29) is 17.1 Å². The molecule has 1 unspecified atom stereocenters. The van der Waals surface area contributed by atoms with Gasteiger partial charge in [0.15, 0.2) is 5.58 Å². The fourth-order valence-corrected chi connectivity index (χ4v) is 5.05. The first kappa shape index (κ1) is 25.3. The van der Waals surface area contributed by atoms with Crippen molar-refractivity contribution in [3.05, 3.63) is 108 Å².